The third-order valence-electron chi connectivity index (χ3n) is 3.99. The molecule has 3 N–H and O–H groups in total. The summed E-state index contributed by atoms with van der Waals surface area (Å²) in [6.45, 7) is 5.25. The van der Waals surface area contributed by atoms with E-state index >= 15 is 0 Å². The van der Waals surface area contributed by atoms with Gasteiger partial charge in [-0.25, -0.2) is 0 Å². The number of carbonyl (C=O) groups excluding carboxylic acids is 1. The molecule has 4 heteroatoms. The van der Waals surface area contributed by atoms with Gasteiger partial charge in [0, 0.05) is 5.25 Å². The molecule has 1 amide bonds. The summed E-state index contributed by atoms with van der Waals surface area (Å²) in [6, 6.07) is 0. The van der Waals surface area contributed by atoms with Crippen LogP contribution in [0.3, 0.4) is 0 Å². The molecule has 1 aliphatic rings. The second kappa shape index (κ2) is 8.85. The first-order valence-corrected chi connectivity index (χ1v) is 8.86. The van der Waals surface area contributed by atoms with Crippen LogP contribution in [0.1, 0.15) is 65.2 Å². The lowest BCUT2D eigenvalue weighted by atomic mass is 9.80. The monoisotopic (exact) mass is 286 g/mol. The largest absolute Gasteiger partial charge is 0.368 e. The smallest absolute Gasteiger partial charge is 0.237 e. The number of nitrogens with one attached hydrogen (secondary N) is 1. The van der Waals surface area contributed by atoms with Gasteiger partial charge in [-0.1, -0.05) is 26.7 Å². The molecule has 1 aliphatic carbocycles. The average molecular weight is 286 g/mol. The highest BCUT2D eigenvalue weighted by atomic mass is 32.2. The van der Waals surface area contributed by atoms with Gasteiger partial charge in [0.15, 0.2) is 0 Å². The van der Waals surface area contributed by atoms with Gasteiger partial charge in [-0.15, -0.1) is 0 Å². The van der Waals surface area contributed by atoms with Crippen molar-refractivity contribution < 1.29 is 4.79 Å². The lowest BCUT2D eigenvalue weighted by molar-refractivity contribution is -0.125. The highest BCUT2D eigenvalue weighted by molar-refractivity contribution is 7.99. The molecule has 0 aromatic rings. The van der Waals surface area contributed by atoms with Crippen molar-refractivity contribution >= 4 is 17.7 Å². The van der Waals surface area contributed by atoms with Gasteiger partial charge in [-0.05, 0) is 50.8 Å². The minimum atomic E-state index is -0.434. The molecule has 0 spiro atoms. The van der Waals surface area contributed by atoms with Crippen LogP contribution in [0.5, 0.6) is 0 Å². The maximum absolute atomic E-state index is 11.9. The fourth-order valence-corrected chi connectivity index (χ4v) is 4.24. The summed E-state index contributed by atoms with van der Waals surface area (Å²) in [7, 11) is 0. The molecule has 1 fully saturated rings. The van der Waals surface area contributed by atoms with Gasteiger partial charge in [-0.3, -0.25) is 4.79 Å². The minimum Gasteiger partial charge on any atom is -0.368 e. The van der Waals surface area contributed by atoms with E-state index in [1.165, 1.54) is 31.4 Å². The molecular formula is C15H30N2OS. The van der Waals surface area contributed by atoms with Gasteiger partial charge in [0.25, 0.3) is 0 Å². The van der Waals surface area contributed by atoms with E-state index in [1.807, 2.05) is 11.8 Å². The first kappa shape index (κ1) is 16.8. The van der Waals surface area contributed by atoms with E-state index in [9.17, 15) is 4.79 Å². The maximum Gasteiger partial charge on any atom is 0.237 e. The quantitative estimate of drug-likeness (QED) is 0.640. The molecular weight excluding hydrogens is 256 g/mol. The van der Waals surface area contributed by atoms with Crippen LogP contribution in [0.2, 0.25) is 0 Å². The Bertz CT molecular complexity index is 273. The van der Waals surface area contributed by atoms with Crippen molar-refractivity contribution in [2.45, 2.75) is 76.0 Å². The fraction of sp³-hybridized carbons (Fsp3) is 0.933. The van der Waals surface area contributed by atoms with Gasteiger partial charge in [-0.2, -0.15) is 11.8 Å². The number of unbranched alkanes of at least 4 members (excludes halogenated alkanes) is 2. The SMILES string of the molecule is CCCCCSC1CCCC(NCCC)(C(N)=O)C1. The molecule has 112 valence electrons. The van der Waals surface area contributed by atoms with Crippen LogP contribution in [0.25, 0.3) is 0 Å². The molecule has 19 heavy (non-hydrogen) atoms. The average Bonchev–Trinajstić information content (AvgIpc) is 2.41. The molecule has 0 aromatic carbocycles. The molecule has 0 heterocycles. The van der Waals surface area contributed by atoms with Gasteiger partial charge in [0.1, 0.15) is 0 Å². The number of nitrogens with two attached hydrogens (primary N) is 1. The van der Waals surface area contributed by atoms with E-state index in [0.29, 0.717) is 5.25 Å². The molecule has 2 atom stereocenters. The van der Waals surface area contributed by atoms with E-state index in [2.05, 4.69) is 19.2 Å². The number of primary amides is 1. The predicted molar refractivity (Wildman–Crippen MR) is 84.5 cm³/mol. The summed E-state index contributed by atoms with van der Waals surface area (Å²) in [5, 5.41) is 4.03. The van der Waals surface area contributed by atoms with E-state index in [0.717, 1.165) is 32.2 Å². The predicted octanol–water partition coefficient (Wildman–Crippen LogP) is 3.08. The van der Waals surface area contributed by atoms with E-state index < -0.39 is 5.54 Å². The summed E-state index contributed by atoms with van der Waals surface area (Å²) in [5.41, 5.74) is 5.24. The minimum absolute atomic E-state index is 0.153. The number of amides is 1. The van der Waals surface area contributed by atoms with Crippen LogP contribution in [0.15, 0.2) is 0 Å². The zero-order valence-corrected chi connectivity index (χ0v) is 13.4. The Morgan fingerprint density at radius 1 is 1.37 bits per heavy atom. The molecule has 0 saturated heterocycles. The number of hydrogen-bond donors (Lipinski definition) is 2. The van der Waals surface area contributed by atoms with Crippen molar-refractivity contribution in [3.05, 3.63) is 0 Å². The highest BCUT2D eigenvalue weighted by Gasteiger charge is 2.40. The molecule has 1 saturated carbocycles. The van der Waals surface area contributed by atoms with E-state index in [-0.39, 0.29) is 5.91 Å². The Labute approximate surface area is 122 Å². The molecule has 2 unspecified atom stereocenters. The van der Waals surface area contributed by atoms with Crippen LogP contribution in [0.4, 0.5) is 0 Å². The van der Waals surface area contributed by atoms with Gasteiger partial charge in [0.2, 0.25) is 5.91 Å². The Morgan fingerprint density at radius 2 is 2.16 bits per heavy atom. The third kappa shape index (κ3) is 5.35. The standard InChI is InChI=1S/C15H30N2OS/c1-3-5-6-11-19-13-8-7-9-15(12-13,14(16)18)17-10-4-2/h13,17H,3-12H2,1-2H3,(H2,16,18). The van der Waals surface area contributed by atoms with Gasteiger partial charge in [0.05, 0.1) is 5.54 Å². The first-order chi connectivity index (χ1) is 9.14. The van der Waals surface area contributed by atoms with Crippen LogP contribution < -0.4 is 11.1 Å². The summed E-state index contributed by atoms with van der Waals surface area (Å²) in [6.07, 6.45) is 9.11. The third-order valence-corrected chi connectivity index (χ3v) is 5.39. The summed E-state index contributed by atoms with van der Waals surface area (Å²) >= 11 is 2.04. The van der Waals surface area contributed by atoms with Crippen molar-refractivity contribution in [3.63, 3.8) is 0 Å². The summed E-state index contributed by atoms with van der Waals surface area (Å²) < 4.78 is 0. The molecule has 3 nitrogen and oxygen atoms in total. The molecule has 0 radical (unpaired) electrons. The Balaban J connectivity index is 2.46. The zero-order chi connectivity index (χ0) is 14.1. The van der Waals surface area contributed by atoms with Crippen LogP contribution in [0, 0.1) is 0 Å². The number of thioether (sulfide) groups is 1. The van der Waals surface area contributed by atoms with E-state index in [1.54, 1.807) is 0 Å². The number of rotatable bonds is 9. The number of carbonyl (C=O) groups is 1. The maximum atomic E-state index is 11.9. The summed E-state index contributed by atoms with van der Waals surface area (Å²) in [4.78, 5) is 11.9. The van der Waals surface area contributed by atoms with Gasteiger partial charge < -0.3 is 11.1 Å². The lowest BCUT2D eigenvalue weighted by Crippen LogP contribution is -2.58. The zero-order valence-electron chi connectivity index (χ0n) is 12.5. The normalized spacial score (nSPS) is 27.4. The number of hydrogen-bond acceptors (Lipinski definition) is 3. The highest BCUT2D eigenvalue weighted by Crippen LogP contribution is 2.35. The molecule has 0 aromatic heterocycles. The Kier molecular flexibility index (Phi) is 7.84. The van der Waals surface area contributed by atoms with Crippen molar-refractivity contribution in [1.29, 1.82) is 0 Å². The van der Waals surface area contributed by atoms with Crippen LogP contribution >= 0.6 is 11.8 Å². The topological polar surface area (TPSA) is 55.1 Å². The van der Waals surface area contributed by atoms with Crippen molar-refractivity contribution in [2.24, 2.45) is 5.73 Å². The van der Waals surface area contributed by atoms with Crippen LogP contribution in [-0.2, 0) is 4.79 Å². The lowest BCUT2D eigenvalue weighted by Gasteiger charge is -2.39. The first-order valence-electron chi connectivity index (χ1n) is 7.81. The Morgan fingerprint density at radius 3 is 2.79 bits per heavy atom. The van der Waals surface area contributed by atoms with Crippen LogP contribution in [-0.4, -0.2) is 29.0 Å². The molecule has 0 bridgehead atoms. The summed E-state index contributed by atoms with van der Waals surface area (Å²) in [5.74, 6) is 1.07. The molecule has 1 rings (SSSR count). The van der Waals surface area contributed by atoms with Gasteiger partial charge >= 0.3 is 0 Å². The Hall–Kier alpha value is -0.220. The van der Waals surface area contributed by atoms with Crippen molar-refractivity contribution in [3.8, 4) is 0 Å². The molecule has 0 aliphatic heterocycles. The van der Waals surface area contributed by atoms with Crippen molar-refractivity contribution in [1.82, 2.24) is 5.32 Å². The van der Waals surface area contributed by atoms with Crippen molar-refractivity contribution in [2.75, 3.05) is 12.3 Å². The fourth-order valence-electron chi connectivity index (χ4n) is 2.80. The second-order valence-corrected chi connectivity index (χ2v) is 7.08. The van der Waals surface area contributed by atoms with E-state index in [4.69, 9.17) is 5.73 Å². The second-order valence-electron chi connectivity index (χ2n) is 5.67.